The Balaban J connectivity index is 1.35. The van der Waals surface area contributed by atoms with E-state index in [0.29, 0.717) is 12.5 Å². The van der Waals surface area contributed by atoms with Crippen LogP contribution in [0.25, 0.3) is 10.2 Å². The van der Waals surface area contributed by atoms with Crippen molar-refractivity contribution in [3.63, 3.8) is 0 Å². The van der Waals surface area contributed by atoms with Gasteiger partial charge in [-0.25, -0.2) is 9.97 Å². The van der Waals surface area contributed by atoms with Gasteiger partial charge >= 0.3 is 0 Å². The summed E-state index contributed by atoms with van der Waals surface area (Å²) in [7, 11) is 2.16. The number of aromatic nitrogens is 2. The molecule has 1 saturated heterocycles. The van der Waals surface area contributed by atoms with E-state index < -0.39 is 0 Å². The zero-order chi connectivity index (χ0) is 21.5. The third-order valence-electron chi connectivity index (χ3n) is 6.41. The molecule has 31 heavy (non-hydrogen) atoms. The SMILES string of the molecule is Cc1nc(C2CC2)nc2sc(C(=O)NCc3ccccc3N3CCN(C)CC3)c(C)c12. The molecule has 1 aromatic carbocycles. The first kappa shape index (κ1) is 20.4. The number of nitrogens with zero attached hydrogens (tertiary/aromatic N) is 4. The summed E-state index contributed by atoms with van der Waals surface area (Å²) in [6.45, 7) is 8.71. The zero-order valence-corrected chi connectivity index (χ0v) is 19.3. The van der Waals surface area contributed by atoms with Crippen LogP contribution in [0.1, 0.15) is 51.1 Å². The van der Waals surface area contributed by atoms with Crippen LogP contribution in [0.4, 0.5) is 5.69 Å². The van der Waals surface area contributed by atoms with E-state index >= 15 is 0 Å². The maximum atomic E-state index is 13.1. The van der Waals surface area contributed by atoms with E-state index in [2.05, 4.69) is 40.4 Å². The first-order valence-corrected chi connectivity index (χ1v) is 11.9. The lowest BCUT2D eigenvalue weighted by molar-refractivity contribution is 0.0954. The molecule has 0 spiro atoms. The third kappa shape index (κ3) is 4.04. The molecule has 0 bridgehead atoms. The van der Waals surface area contributed by atoms with E-state index in [-0.39, 0.29) is 5.91 Å². The van der Waals surface area contributed by atoms with Crippen molar-refractivity contribution < 1.29 is 4.79 Å². The Hall–Kier alpha value is -2.51. The number of benzene rings is 1. The Morgan fingerprint density at radius 2 is 1.87 bits per heavy atom. The molecular formula is C24H29N5OS. The number of hydrogen-bond donors (Lipinski definition) is 1. The van der Waals surface area contributed by atoms with Gasteiger partial charge in [-0.15, -0.1) is 11.3 Å². The van der Waals surface area contributed by atoms with Gasteiger partial charge in [-0.05, 0) is 50.9 Å². The van der Waals surface area contributed by atoms with E-state index in [1.165, 1.54) is 29.9 Å². The van der Waals surface area contributed by atoms with Crippen molar-refractivity contribution in [1.82, 2.24) is 20.2 Å². The molecule has 1 aliphatic carbocycles. The topological polar surface area (TPSA) is 61.4 Å². The molecule has 5 rings (SSSR count). The number of hydrogen-bond acceptors (Lipinski definition) is 6. The average molecular weight is 436 g/mol. The van der Waals surface area contributed by atoms with Gasteiger partial charge < -0.3 is 15.1 Å². The molecule has 1 amide bonds. The Bertz CT molecular complexity index is 1130. The molecule has 2 aliphatic rings. The van der Waals surface area contributed by atoms with Gasteiger partial charge in [0, 0.05) is 49.7 Å². The summed E-state index contributed by atoms with van der Waals surface area (Å²) in [6.07, 6.45) is 2.35. The van der Waals surface area contributed by atoms with Crippen LogP contribution in [-0.2, 0) is 6.54 Å². The monoisotopic (exact) mass is 435 g/mol. The molecule has 162 valence electrons. The molecule has 1 saturated carbocycles. The van der Waals surface area contributed by atoms with Crippen molar-refractivity contribution >= 4 is 33.1 Å². The van der Waals surface area contributed by atoms with E-state index in [1.54, 1.807) is 0 Å². The molecule has 1 aliphatic heterocycles. The summed E-state index contributed by atoms with van der Waals surface area (Å²) in [4.78, 5) is 29.1. The van der Waals surface area contributed by atoms with E-state index in [4.69, 9.17) is 9.97 Å². The number of likely N-dealkylation sites (N-methyl/N-ethyl adjacent to an activating group) is 1. The minimum absolute atomic E-state index is 0.0268. The molecule has 0 radical (unpaired) electrons. The highest BCUT2D eigenvalue weighted by atomic mass is 32.1. The van der Waals surface area contributed by atoms with Gasteiger partial charge in [-0.3, -0.25) is 4.79 Å². The lowest BCUT2D eigenvalue weighted by atomic mass is 10.1. The summed E-state index contributed by atoms with van der Waals surface area (Å²) in [5.74, 6) is 1.43. The van der Waals surface area contributed by atoms with E-state index in [0.717, 1.165) is 63.9 Å². The lowest BCUT2D eigenvalue weighted by Gasteiger charge is -2.35. The number of anilines is 1. The Morgan fingerprint density at radius 1 is 1.13 bits per heavy atom. The van der Waals surface area contributed by atoms with Crippen LogP contribution in [0.5, 0.6) is 0 Å². The van der Waals surface area contributed by atoms with Crippen LogP contribution >= 0.6 is 11.3 Å². The second kappa shape index (κ2) is 8.20. The quantitative estimate of drug-likeness (QED) is 0.659. The normalized spacial score (nSPS) is 17.3. The number of carbonyl (C=O) groups excluding carboxylic acids is 1. The van der Waals surface area contributed by atoms with Gasteiger partial charge in [0.1, 0.15) is 10.7 Å². The number of aryl methyl sites for hydroxylation is 2. The lowest BCUT2D eigenvalue weighted by Crippen LogP contribution is -2.45. The Labute approximate surface area is 187 Å². The smallest absolute Gasteiger partial charge is 0.261 e. The van der Waals surface area contributed by atoms with Crippen LogP contribution in [0.3, 0.4) is 0 Å². The number of fused-ring (bicyclic) bond motifs is 1. The van der Waals surface area contributed by atoms with Crippen LogP contribution in [0, 0.1) is 13.8 Å². The highest BCUT2D eigenvalue weighted by Crippen LogP contribution is 2.40. The zero-order valence-electron chi connectivity index (χ0n) is 18.4. The van der Waals surface area contributed by atoms with Gasteiger partial charge in [-0.2, -0.15) is 0 Å². The first-order chi connectivity index (χ1) is 15.0. The van der Waals surface area contributed by atoms with Crippen molar-refractivity contribution in [1.29, 1.82) is 0 Å². The number of nitrogens with one attached hydrogen (secondary N) is 1. The fourth-order valence-electron chi connectivity index (χ4n) is 4.37. The molecule has 7 heteroatoms. The van der Waals surface area contributed by atoms with Crippen LogP contribution in [-0.4, -0.2) is 54.0 Å². The first-order valence-electron chi connectivity index (χ1n) is 11.1. The number of rotatable bonds is 5. The van der Waals surface area contributed by atoms with Crippen LogP contribution in [0.15, 0.2) is 24.3 Å². The summed E-state index contributed by atoms with van der Waals surface area (Å²) in [5.41, 5.74) is 4.36. The number of thiophene rings is 1. The second-order valence-corrected chi connectivity index (χ2v) is 9.78. The van der Waals surface area contributed by atoms with Crippen LogP contribution in [0.2, 0.25) is 0 Å². The summed E-state index contributed by atoms with van der Waals surface area (Å²) < 4.78 is 0. The largest absolute Gasteiger partial charge is 0.369 e. The highest BCUT2D eigenvalue weighted by Gasteiger charge is 2.28. The van der Waals surface area contributed by atoms with Gasteiger partial charge in [-0.1, -0.05) is 18.2 Å². The number of para-hydroxylation sites is 1. The Morgan fingerprint density at radius 3 is 2.61 bits per heavy atom. The Kier molecular flexibility index (Phi) is 5.40. The molecular weight excluding hydrogens is 406 g/mol. The molecule has 2 aromatic heterocycles. The summed E-state index contributed by atoms with van der Waals surface area (Å²) >= 11 is 1.49. The number of amides is 1. The minimum atomic E-state index is -0.0268. The fourth-order valence-corrected chi connectivity index (χ4v) is 5.53. The van der Waals surface area contributed by atoms with Gasteiger partial charge in [0.15, 0.2) is 0 Å². The predicted molar refractivity (Wildman–Crippen MR) is 126 cm³/mol. The predicted octanol–water partition coefficient (Wildman–Crippen LogP) is 3.87. The molecule has 3 heterocycles. The van der Waals surface area contributed by atoms with Crippen molar-refractivity contribution in [2.75, 3.05) is 38.1 Å². The standard InChI is InChI=1S/C24H29N5OS/c1-15-20-16(2)26-22(17-8-9-17)27-24(20)31-21(15)23(30)25-14-18-6-4-5-7-19(18)29-12-10-28(3)11-13-29/h4-7,17H,8-14H2,1-3H3,(H,25,30). The van der Waals surface area contributed by atoms with E-state index in [9.17, 15) is 4.79 Å². The van der Waals surface area contributed by atoms with Crippen molar-refractivity contribution in [2.24, 2.45) is 0 Å². The van der Waals surface area contributed by atoms with E-state index in [1.807, 2.05) is 19.9 Å². The minimum Gasteiger partial charge on any atom is -0.369 e. The number of piperazine rings is 1. The fraction of sp³-hybridized carbons (Fsp3) is 0.458. The molecule has 3 aromatic rings. The number of carbonyl (C=O) groups is 1. The van der Waals surface area contributed by atoms with Gasteiger partial charge in [0.2, 0.25) is 0 Å². The van der Waals surface area contributed by atoms with Crippen molar-refractivity contribution in [3.8, 4) is 0 Å². The van der Waals surface area contributed by atoms with Crippen molar-refractivity contribution in [2.45, 2.75) is 39.2 Å². The van der Waals surface area contributed by atoms with Crippen LogP contribution < -0.4 is 10.2 Å². The molecule has 0 unspecified atom stereocenters. The third-order valence-corrected chi connectivity index (χ3v) is 7.60. The maximum absolute atomic E-state index is 13.1. The molecule has 2 fully saturated rings. The summed E-state index contributed by atoms with van der Waals surface area (Å²) in [6, 6.07) is 8.40. The summed E-state index contributed by atoms with van der Waals surface area (Å²) in [5, 5.41) is 4.20. The molecule has 6 nitrogen and oxygen atoms in total. The molecule has 1 N–H and O–H groups in total. The average Bonchev–Trinajstić information content (AvgIpc) is 3.56. The maximum Gasteiger partial charge on any atom is 0.261 e. The van der Waals surface area contributed by atoms with Gasteiger partial charge in [0.05, 0.1) is 10.6 Å². The van der Waals surface area contributed by atoms with Crippen molar-refractivity contribution in [3.05, 3.63) is 51.8 Å². The second-order valence-electron chi connectivity index (χ2n) is 8.78. The molecule has 0 atom stereocenters. The highest BCUT2D eigenvalue weighted by molar-refractivity contribution is 7.20. The van der Waals surface area contributed by atoms with Gasteiger partial charge in [0.25, 0.3) is 5.91 Å².